The van der Waals surface area contributed by atoms with Crippen molar-refractivity contribution in [3.05, 3.63) is 0 Å². The zero-order valence-electron chi connectivity index (χ0n) is 12.1. The first-order valence-electron chi connectivity index (χ1n) is 7.08. The summed E-state index contributed by atoms with van der Waals surface area (Å²) in [6, 6.07) is 0.742. The molecular weight excluding hydrogens is 196 g/mol. The third kappa shape index (κ3) is 7.24. The van der Waals surface area contributed by atoms with E-state index in [1.54, 1.807) is 0 Å². The van der Waals surface area contributed by atoms with Gasteiger partial charge in [0.15, 0.2) is 0 Å². The van der Waals surface area contributed by atoms with E-state index in [0.717, 1.165) is 6.04 Å². The van der Waals surface area contributed by atoms with Crippen LogP contribution in [0.1, 0.15) is 53.4 Å². The van der Waals surface area contributed by atoms with Crippen LogP contribution in [-0.2, 0) is 0 Å². The van der Waals surface area contributed by atoms with Gasteiger partial charge in [0.2, 0.25) is 0 Å². The molecule has 0 aromatic carbocycles. The van der Waals surface area contributed by atoms with Crippen LogP contribution in [0, 0.1) is 0 Å². The highest BCUT2D eigenvalue weighted by Crippen LogP contribution is 2.04. The summed E-state index contributed by atoms with van der Waals surface area (Å²) in [7, 11) is 2.25. The Balaban J connectivity index is 3.61. The lowest BCUT2D eigenvalue weighted by Crippen LogP contribution is -2.35. The van der Waals surface area contributed by atoms with E-state index in [0.29, 0.717) is 0 Å². The van der Waals surface area contributed by atoms with Gasteiger partial charge in [-0.3, -0.25) is 0 Å². The van der Waals surface area contributed by atoms with Crippen LogP contribution in [-0.4, -0.2) is 49.1 Å². The first-order valence-corrected chi connectivity index (χ1v) is 7.08. The average molecular weight is 228 g/mol. The summed E-state index contributed by atoms with van der Waals surface area (Å²) >= 11 is 0. The second-order valence-corrected chi connectivity index (χ2v) is 4.90. The van der Waals surface area contributed by atoms with Gasteiger partial charge in [-0.2, -0.15) is 0 Å². The Kier molecular flexibility index (Phi) is 10.0. The SMILES string of the molecule is CCCCN(C)CCCN(CC)C(C)CC. The molecule has 0 radical (unpaired) electrons. The van der Waals surface area contributed by atoms with E-state index in [1.807, 2.05) is 0 Å². The molecule has 2 nitrogen and oxygen atoms in total. The van der Waals surface area contributed by atoms with E-state index in [1.165, 1.54) is 51.9 Å². The minimum absolute atomic E-state index is 0.742. The molecule has 98 valence electrons. The normalized spacial score (nSPS) is 13.7. The molecule has 1 atom stereocenters. The molecule has 16 heavy (non-hydrogen) atoms. The molecule has 0 bridgehead atoms. The van der Waals surface area contributed by atoms with Crippen molar-refractivity contribution in [1.29, 1.82) is 0 Å². The second-order valence-electron chi connectivity index (χ2n) is 4.90. The summed E-state index contributed by atoms with van der Waals surface area (Å²) in [5.74, 6) is 0. The Bertz CT molecular complexity index is 148. The topological polar surface area (TPSA) is 6.48 Å². The van der Waals surface area contributed by atoms with Crippen molar-refractivity contribution in [2.75, 3.05) is 33.2 Å². The maximum Gasteiger partial charge on any atom is 0.00641 e. The molecular formula is C14H32N2. The van der Waals surface area contributed by atoms with Crippen molar-refractivity contribution in [2.45, 2.75) is 59.4 Å². The molecule has 2 heteroatoms. The Morgan fingerprint density at radius 3 is 2.06 bits per heavy atom. The number of nitrogens with zero attached hydrogens (tertiary/aromatic N) is 2. The Morgan fingerprint density at radius 2 is 1.56 bits per heavy atom. The molecule has 0 saturated heterocycles. The average Bonchev–Trinajstić information content (AvgIpc) is 2.31. The zero-order valence-corrected chi connectivity index (χ0v) is 12.1. The zero-order chi connectivity index (χ0) is 12.4. The Hall–Kier alpha value is -0.0800. The summed E-state index contributed by atoms with van der Waals surface area (Å²) in [5, 5.41) is 0. The molecule has 0 aliphatic heterocycles. The summed E-state index contributed by atoms with van der Waals surface area (Å²) < 4.78 is 0. The van der Waals surface area contributed by atoms with E-state index in [2.05, 4.69) is 44.5 Å². The highest BCUT2D eigenvalue weighted by Gasteiger charge is 2.09. The number of unbranched alkanes of at least 4 members (excludes halogenated alkanes) is 1. The van der Waals surface area contributed by atoms with E-state index in [4.69, 9.17) is 0 Å². The molecule has 0 fully saturated rings. The van der Waals surface area contributed by atoms with E-state index < -0.39 is 0 Å². The predicted octanol–water partition coefficient (Wildman–Crippen LogP) is 3.23. The molecule has 0 aliphatic carbocycles. The van der Waals surface area contributed by atoms with Crippen molar-refractivity contribution in [1.82, 2.24) is 9.80 Å². The highest BCUT2D eigenvalue weighted by molar-refractivity contribution is 4.65. The molecule has 0 N–H and O–H groups in total. The van der Waals surface area contributed by atoms with Crippen molar-refractivity contribution in [3.63, 3.8) is 0 Å². The summed E-state index contributed by atoms with van der Waals surface area (Å²) in [4.78, 5) is 5.06. The number of hydrogen-bond acceptors (Lipinski definition) is 2. The van der Waals surface area contributed by atoms with Crippen LogP contribution in [0.5, 0.6) is 0 Å². The Morgan fingerprint density at radius 1 is 0.938 bits per heavy atom. The summed E-state index contributed by atoms with van der Waals surface area (Å²) in [6.45, 7) is 14.1. The van der Waals surface area contributed by atoms with Gasteiger partial charge in [0, 0.05) is 6.04 Å². The smallest absolute Gasteiger partial charge is 0.00641 e. The van der Waals surface area contributed by atoms with Crippen molar-refractivity contribution in [3.8, 4) is 0 Å². The van der Waals surface area contributed by atoms with Crippen LogP contribution >= 0.6 is 0 Å². The molecule has 0 aromatic heterocycles. The van der Waals surface area contributed by atoms with Gasteiger partial charge in [0.1, 0.15) is 0 Å². The standard InChI is InChI=1S/C14H32N2/c1-6-9-11-15(5)12-10-13-16(8-3)14(4)7-2/h14H,6-13H2,1-5H3. The highest BCUT2D eigenvalue weighted by atomic mass is 15.2. The van der Waals surface area contributed by atoms with Gasteiger partial charge in [0.25, 0.3) is 0 Å². The number of hydrogen-bond donors (Lipinski definition) is 0. The second kappa shape index (κ2) is 10.1. The van der Waals surface area contributed by atoms with Gasteiger partial charge < -0.3 is 9.80 Å². The van der Waals surface area contributed by atoms with E-state index >= 15 is 0 Å². The van der Waals surface area contributed by atoms with Crippen LogP contribution in [0.3, 0.4) is 0 Å². The third-order valence-corrected chi connectivity index (χ3v) is 3.50. The molecule has 0 aliphatic rings. The minimum Gasteiger partial charge on any atom is -0.306 e. The minimum atomic E-state index is 0.742. The van der Waals surface area contributed by atoms with Gasteiger partial charge in [0.05, 0.1) is 0 Å². The fourth-order valence-electron chi connectivity index (χ4n) is 2.03. The lowest BCUT2D eigenvalue weighted by Gasteiger charge is -2.27. The lowest BCUT2D eigenvalue weighted by molar-refractivity contribution is 0.199. The largest absolute Gasteiger partial charge is 0.306 e. The van der Waals surface area contributed by atoms with Crippen molar-refractivity contribution < 1.29 is 0 Å². The Labute approximate surface area is 103 Å². The predicted molar refractivity (Wildman–Crippen MR) is 74.0 cm³/mol. The van der Waals surface area contributed by atoms with Crippen LogP contribution in [0.25, 0.3) is 0 Å². The van der Waals surface area contributed by atoms with Crippen LogP contribution in [0.4, 0.5) is 0 Å². The molecule has 0 spiro atoms. The van der Waals surface area contributed by atoms with Gasteiger partial charge in [-0.25, -0.2) is 0 Å². The molecule has 1 unspecified atom stereocenters. The fraction of sp³-hybridized carbons (Fsp3) is 1.00. The maximum absolute atomic E-state index is 2.59. The molecule has 0 rings (SSSR count). The lowest BCUT2D eigenvalue weighted by atomic mass is 10.2. The van der Waals surface area contributed by atoms with Gasteiger partial charge in [-0.15, -0.1) is 0 Å². The van der Waals surface area contributed by atoms with E-state index in [-0.39, 0.29) is 0 Å². The molecule has 0 heterocycles. The van der Waals surface area contributed by atoms with Crippen molar-refractivity contribution >= 4 is 0 Å². The van der Waals surface area contributed by atoms with Crippen molar-refractivity contribution in [2.24, 2.45) is 0 Å². The molecule has 0 saturated carbocycles. The van der Waals surface area contributed by atoms with Gasteiger partial charge in [-0.1, -0.05) is 27.2 Å². The molecule has 0 aromatic rings. The van der Waals surface area contributed by atoms with Gasteiger partial charge in [-0.05, 0) is 59.4 Å². The van der Waals surface area contributed by atoms with Gasteiger partial charge >= 0.3 is 0 Å². The summed E-state index contributed by atoms with van der Waals surface area (Å²) in [5.41, 5.74) is 0. The fourth-order valence-corrected chi connectivity index (χ4v) is 2.03. The first kappa shape index (κ1) is 15.9. The van der Waals surface area contributed by atoms with Crippen LogP contribution in [0.15, 0.2) is 0 Å². The van der Waals surface area contributed by atoms with Crippen LogP contribution in [0.2, 0.25) is 0 Å². The summed E-state index contributed by atoms with van der Waals surface area (Å²) in [6.07, 6.45) is 5.20. The maximum atomic E-state index is 2.59. The molecule has 0 amide bonds. The quantitative estimate of drug-likeness (QED) is 0.566. The van der Waals surface area contributed by atoms with Crippen LogP contribution < -0.4 is 0 Å². The van der Waals surface area contributed by atoms with E-state index in [9.17, 15) is 0 Å². The first-order chi connectivity index (χ1) is 7.65. The number of rotatable bonds is 10. The monoisotopic (exact) mass is 228 g/mol. The third-order valence-electron chi connectivity index (χ3n) is 3.50.